The molecule has 3 amide bonds. The Morgan fingerprint density at radius 2 is 2.04 bits per heavy atom. The van der Waals surface area contributed by atoms with Crippen molar-refractivity contribution in [2.75, 3.05) is 17.3 Å². The smallest absolute Gasteiger partial charge is 0.311 e. The van der Waals surface area contributed by atoms with Gasteiger partial charge in [-0.2, -0.15) is 0 Å². The quantitative estimate of drug-likeness (QED) is 0.923. The molecule has 1 aromatic carbocycles. The van der Waals surface area contributed by atoms with E-state index in [1.54, 1.807) is 48.7 Å². The fourth-order valence-electron chi connectivity index (χ4n) is 2.35. The van der Waals surface area contributed by atoms with E-state index in [9.17, 15) is 9.59 Å². The number of hydrogen-bond acceptors (Lipinski definition) is 4. The third kappa shape index (κ3) is 3.47. The number of pyridine rings is 1. The van der Waals surface area contributed by atoms with Gasteiger partial charge >= 0.3 is 6.03 Å². The molecule has 1 unspecified atom stereocenters. The number of benzene rings is 1. The lowest BCUT2D eigenvalue weighted by atomic mass is 10.2. The standard InChI is InChI=1S/C16H15ClN4O3/c1-20-16(23)21(12-7-5-11(17)6-8-12)15(24-20)10-14(22)19-13-4-2-3-9-18-13/h2-9,15H,10H2,1H3,(H,18,19,22). The molecule has 1 saturated heterocycles. The number of halogens is 1. The van der Waals surface area contributed by atoms with Gasteiger partial charge in [0.2, 0.25) is 5.91 Å². The minimum absolute atomic E-state index is 0.0325. The Morgan fingerprint density at radius 1 is 1.29 bits per heavy atom. The van der Waals surface area contributed by atoms with Gasteiger partial charge in [-0.15, -0.1) is 0 Å². The highest BCUT2D eigenvalue weighted by Crippen LogP contribution is 2.28. The van der Waals surface area contributed by atoms with E-state index in [1.807, 2.05) is 0 Å². The third-order valence-electron chi connectivity index (χ3n) is 3.44. The topological polar surface area (TPSA) is 74.8 Å². The van der Waals surface area contributed by atoms with E-state index < -0.39 is 6.23 Å². The van der Waals surface area contributed by atoms with E-state index >= 15 is 0 Å². The van der Waals surface area contributed by atoms with Crippen LogP contribution < -0.4 is 10.2 Å². The number of aromatic nitrogens is 1. The molecular formula is C16H15ClN4O3. The summed E-state index contributed by atoms with van der Waals surface area (Å²) in [6.45, 7) is 0. The predicted molar refractivity (Wildman–Crippen MR) is 89.4 cm³/mol. The summed E-state index contributed by atoms with van der Waals surface area (Å²) in [6, 6.07) is 11.6. The molecule has 1 aliphatic rings. The third-order valence-corrected chi connectivity index (χ3v) is 3.69. The number of urea groups is 1. The van der Waals surface area contributed by atoms with Gasteiger partial charge in [0.25, 0.3) is 0 Å². The van der Waals surface area contributed by atoms with Crippen molar-refractivity contribution >= 4 is 35.0 Å². The summed E-state index contributed by atoms with van der Waals surface area (Å²) in [4.78, 5) is 35.4. The number of carbonyl (C=O) groups excluding carboxylic acids is 2. The lowest BCUT2D eigenvalue weighted by Gasteiger charge is -2.20. The van der Waals surface area contributed by atoms with E-state index in [4.69, 9.17) is 16.4 Å². The molecule has 1 atom stereocenters. The zero-order valence-corrected chi connectivity index (χ0v) is 13.6. The van der Waals surface area contributed by atoms with Crippen LogP contribution in [-0.4, -0.2) is 35.3 Å². The summed E-state index contributed by atoms with van der Waals surface area (Å²) >= 11 is 5.88. The summed E-state index contributed by atoms with van der Waals surface area (Å²) in [6.07, 6.45) is 0.807. The summed E-state index contributed by atoms with van der Waals surface area (Å²) in [5.41, 5.74) is 0.601. The maximum atomic E-state index is 12.3. The summed E-state index contributed by atoms with van der Waals surface area (Å²) < 4.78 is 0. The van der Waals surface area contributed by atoms with E-state index in [0.717, 1.165) is 5.06 Å². The first-order chi connectivity index (χ1) is 11.5. The molecule has 1 N–H and O–H groups in total. The first-order valence-electron chi connectivity index (χ1n) is 7.25. The fourth-order valence-corrected chi connectivity index (χ4v) is 2.47. The molecule has 0 saturated carbocycles. The Bertz CT molecular complexity index is 739. The molecule has 1 fully saturated rings. The van der Waals surface area contributed by atoms with Crippen LogP contribution in [0, 0.1) is 0 Å². The molecule has 0 aliphatic carbocycles. The molecule has 0 radical (unpaired) electrons. The van der Waals surface area contributed by atoms with Crippen LogP contribution >= 0.6 is 11.6 Å². The highest BCUT2D eigenvalue weighted by molar-refractivity contribution is 6.30. The Balaban J connectivity index is 1.74. The number of rotatable bonds is 4. The highest BCUT2D eigenvalue weighted by Gasteiger charge is 2.39. The first-order valence-corrected chi connectivity index (χ1v) is 7.62. The van der Waals surface area contributed by atoms with Crippen LogP contribution in [0.3, 0.4) is 0 Å². The Hall–Kier alpha value is -2.64. The average Bonchev–Trinajstić information content (AvgIpc) is 2.83. The lowest BCUT2D eigenvalue weighted by Crippen LogP contribution is -2.36. The molecule has 1 aromatic heterocycles. The Labute approximate surface area is 143 Å². The number of nitrogens with one attached hydrogen (secondary N) is 1. The highest BCUT2D eigenvalue weighted by atomic mass is 35.5. The van der Waals surface area contributed by atoms with Crippen molar-refractivity contribution in [1.82, 2.24) is 10.0 Å². The monoisotopic (exact) mass is 346 g/mol. The zero-order chi connectivity index (χ0) is 17.1. The summed E-state index contributed by atoms with van der Waals surface area (Å²) in [5.74, 6) is 0.138. The van der Waals surface area contributed by atoms with Crippen LogP contribution in [0.25, 0.3) is 0 Å². The van der Waals surface area contributed by atoms with Gasteiger partial charge in [0, 0.05) is 24.0 Å². The second-order valence-corrected chi connectivity index (χ2v) is 5.59. The normalized spacial score (nSPS) is 17.2. The number of anilines is 2. The van der Waals surface area contributed by atoms with E-state index in [0.29, 0.717) is 16.5 Å². The van der Waals surface area contributed by atoms with E-state index in [-0.39, 0.29) is 18.4 Å². The molecule has 3 rings (SSSR count). The van der Waals surface area contributed by atoms with Crippen LogP contribution in [-0.2, 0) is 9.63 Å². The van der Waals surface area contributed by atoms with Crippen molar-refractivity contribution < 1.29 is 14.4 Å². The molecule has 7 nitrogen and oxygen atoms in total. The average molecular weight is 347 g/mol. The zero-order valence-electron chi connectivity index (χ0n) is 12.8. The minimum Gasteiger partial charge on any atom is -0.311 e. The molecule has 8 heteroatoms. The molecule has 2 aromatic rings. The number of hydrogen-bond donors (Lipinski definition) is 1. The molecule has 0 bridgehead atoms. The van der Waals surface area contributed by atoms with Crippen LogP contribution in [0.1, 0.15) is 6.42 Å². The van der Waals surface area contributed by atoms with Crippen molar-refractivity contribution in [3.05, 3.63) is 53.7 Å². The van der Waals surface area contributed by atoms with Crippen LogP contribution in [0.15, 0.2) is 48.7 Å². The maximum Gasteiger partial charge on any atom is 0.350 e. The Morgan fingerprint density at radius 3 is 2.71 bits per heavy atom. The first kappa shape index (κ1) is 16.2. The lowest BCUT2D eigenvalue weighted by molar-refractivity contribution is -0.129. The molecule has 24 heavy (non-hydrogen) atoms. The Kier molecular flexibility index (Phi) is 4.64. The summed E-state index contributed by atoms with van der Waals surface area (Å²) in [7, 11) is 1.50. The van der Waals surface area contributed by atoms with Gasteiger partial charge in [-0.25, -0.2) is 19.7 Å². The maximum absolute atomic E-state index is 12.3. The largest absolute Gasteiger partial charge is 0.350 e. The van der Waals surface area contributed by atoms with Crippen LogP contribution in [0.5, 0.6) is 0 Å². The fraction of sp³-hybridized carbons (Fsp3) is 0.188. The van der Waals surface area contributed by atoms with E-state index in [1.165, 1.54) is 11.9 Å². The van der Waals surface area contributed by atoms with Crippen molar-refractivity contribution in [2.45, 2.75) is 12.6 Å². The van der Waals surface area contributed by atoms with Crippen molar-refractivity contribution in [3.8, 4) is 0 Å². The van der Waals surface area contributed by atoms with Crippen molar-refractivity contribution in [2.24, 2.45) is 0 Å². The van der Waals surface area contributed by atoms with Crippen molar-refractivity contribution in [1.29, 1.82) is 0 Å². The van der Waals surface area contributed by atoms with Gasteiger partial charge in [-0.1, -0.05) is 17.7 Å². The second-order valence-electron chi connectivity index (χ2n) is 5.15. The molecule has 1 aliphatic heterocycles. The molecule has 0 spiro atoms. The minimum atomic E-state index is -0.743. The van der Waals surface area contributed by atoms with Gasteiger partial charge < -0.3 is 5.32 Å². The number of amides is 3. The van der Waals surface area contributed by atoms with Gasteiger partial charge in [0.05, 0.1) is 6.42 Å². The SMILES string of the molecule is CN1OC(CC(=O)Nc2ccccn2)N(c2ccc(Cl)cc2)C1=O. The predicted octanol–water partition coefficient (Wildman–Crippen LogP) is 2.89. The van der Waals surface area contributed by atoms with Gasteiger partial charge in [0.15, 0.2) is 6.23 Å². The van der Waals surface area contributed by atoms with Crippen LogP contribution in [0.4, 0.5) is 16.3 Å². The number of hydroxylamine groups is 2. The summed E-state index contributed by atoms with van der Waals surface area (Å²) in [5, 5.41) is 4.34. The molecular weight excluding hydrogens is 332 g/mol. The molecule has 124 valence electrons. The molecule has 2 heterocycles. The second kappa shape index (κ2) is 6.86. The number of carbonyl (C=O) groups is 2. The van der Waals surface area contributed by atoms with Gasteiger partial charge in [0.1, 0.15) is 5.82 Å². The van der Waals surface area contributed by atoms with E-state index in [2.05, 4.69) is 10.3 Å². The van der Waals surface area contributed by atoms with Crippen LogP contribution in [0.2, 0.25) is 5.02 Å². The van der Waals surface area contributed by atoms with Gasteiger partial charge in [-0.05, 0) is 36.4 Å². The van der Waals surface area contributed by atoms with Gasteiger partial charge in [-0.3, -0.25) is 9.69 Å². The van der Waals surface area contributed by atoms with Crippen molar-refractivity contribution in [3.63, 3.8) is 0 Å². The number of nitrogens with zero attached hydrogens (tertiary/aromatic N) is 3.